The van der Waals surface area contributed by atoms with E-state index in [1.54, 1.807) is 12.1 Å². The smallest absolute Gasteiger partial charge is 0.301 e. The minimum Gasteiger partial charge on any atom is -0.495 e. The lowest BCUT2D eigenvalue weighted by molar-refractivity contribution is 0.298. The van der Waals surface area contributed by atoms with Gasteiger partial charge in [0.05, 0.1) is 18.5 Å². The highest BCUT2D eigenvalue weighted by molar-refractivity contribution is 7.86. The van der Waals surface area contributed by atoms with Crippen molar-refractivity contribution in [1.29, 1.82) is 0 Å². The molecule has 1 aromatic carbocycles. The SMILES string of the molecule is COc1ccc(C)cc1S(=O)(=O)OCc1c(C)nc2ccccn12. The average Bonchev–Trinajstić information content (AvgIpc) is 2.88. The van der Waals surface area contributed by atoms with E-state index in [2.05, 4.69) is 4.98 Å². The number of hydrogen-bond donors (Lipinski definition) is 0. The molecule has 0 saturated carbocycles. The van der Waals surface area contributed by atoms with Crippen molar-refractivity contribution in [2.24, 2.45) is 0 Å². The highest BCUT2D eigenvalue weighted by Gasteiger charge is 2.22. The first kappa shape index (κ1) is 16.5. The lowest BCUT2D eigenvalue weighted by atomic mass is 10.2. The zero-order chi connectivity index (χ0) is 17.3. The normalized spacial score (nSPS) is 11.8. The maximum atomic E-state index is 12.6. The molecule has 2 aromatic heterocycles. The van der Waals surface area contributed by atoms with Gasteiger partial charge in [0.2, 0.25) is 0 Å². The van der Waals surface area contributed by atoms with E-state index in [1.807, 2.05) is 42.6 Å². The molecule has 0 aliphatic rings. The summed E-state index contributed by atoms with van der Waals surface area (Å²) in [7, 11) is -2.52. The van der Waals surface area contributed by atoms with Crippen LogP contribution in [0.1, 0.15) is 17.0 Å². The van der Waals surface area contributed by atoms with Crippen molar-refractivity contribution in [2.75, 3.05) is 7.11 Å². The fraction of sp³-hybridized carbons (Fsp3) is 0.235. The van der Waals surface area contributed by atoms with Gasteiger partial charge in [0.15, 0.2) is 0 Å². The number of imidazole rings is 1. The molecule has 0 unspecified atom stereocenters. The Morgan fingerprint density at radius 3 is 2.71 bits per heavy atom. The Morgan fingerprint density at radius 1 is 1.17 bits per heavy atom. The molecule has 7 heteroatoms. The van der Waals surface area contributed by atoms with Crippen LogP contribution in [-0.4, -0.2) is 24.9 Å². The van der Waals surface area contributed by atoms with E-state index < -0.39 is 10.1 Å². The highest BCUT2D eigenvalue weighted by Crippen LogP contribution is 2.27. The fourth-order valence-electron chi connectivity index (χ4n) is 2.51. The third-order valence-corrected chi connectivity index (χ3v) is 5.05. The van der Waals surface area contributed by atoms with Gasteiger partial charge in [-0.1, -0.05) is 12.1 Å². The van der Waals surface area contributed by atoms with Gasteiger partial charge in [0, 0.05) is 6.20 Å². The number of nitrogens with zero attached hydrogens (tertiary/aromatic N) is 2. The van der Waals surface area contributed by atoms with Crippen molar-refractivity contribution in [2.45, 2.75) is 25.3 Å². The van der Waals surface area contributed by atoms with Crippen LogP contribution < -0.4 is 4.74 Å². The molecule has 24 heavy (non-hydrogen) atoms. The second kappa shape index (κ2) is 6.26. The molecule has 126 valence electrons. The molecular formula is C17H18N2O4S. The number of ether oxygens (including phenoxy) is 1. The number of fused-ring (bicyclic) bond motifs is 1. The molecule has 0 spiro atoms. The Labute approximate surface area is 140 Å². The maximum absolute atomic E-state index is 12.6. The van der Waals surface area contributed by atoms with Crippen LogP contribution in [0.15, 0.2) is 47.5 Å². The number of methoxy groups -OCH3 is 1. The van der Waals surface area contributed by atoms with Gasteiger partial charge in [-0.15, -0.1) is 0 Å². The Hall–Kier alpha value is -2.38. The van der Waals surface area contributed by atoms with E-state index in [9.17, 15) is 8.42 Å². The maximum Gasteiger partial charge on any atom is 0.301 e. The first-order valence-corrected chi connectivity index (χ1v) is 8.80. The van der Waals surface area contributed by atoms with Crippen molar-refractivity contribution in [3.8, 4) is 5.75 Å². The summed E-state index contributed by atoms with van der Waals surface area (Å²) in [5.41, 5.74) is 2.98. The molecule has 0 aliphatic heterocycles. The fourth-order valence-corrected chi connectivity index (χ4v) is 3.64. The minimum absolute atomic E-state index is 0.0245. The average molecular weight is 346 g/mol. The zero-order valence-corrected chi connectivity index (χ0v) is 14.5. The second-order valence-electron chi connectivity index (χ2n) is 5.44. The largest absolute Gasteiger partial charge is 0.495 e. The topological polar surface area (TPSA) is 69.9 Å². The Bertz CT molecular complexity index is 993. The lowest BCUT2D eigenvalue weighted by Crippen LogP contribution is -2.10. The molecule has 0 radical (unpaired) electrons. The van der Waals surface area contributed by atoms with Crippen molar-refractivity contribution in [3.05, 3.63) is 59.5 Å². The van der Waals surface area contributed by atoms with Crippen LogP contribution in [0, 0.1) is 13.8 Å². The van der Waals surface area contributed by atoms with E-state index in [4.69, 9.17) is 8.92 Å². The van der Waals surface area contributed by atoms with Crippen LogP contribution >= 0.6 is 0 Å². The van der Waals surface area contributed by atoms with Crippen molar-refractivity contribution in [3.63, 3.8) is 0 Å². The van der Waals surface area contributed by atoms with Crippen molar-refractivity contribution >= 4 is 15.8 Å². The molecular weight excluding hydrogens is 328 g/mol. The van der Waals surface area contributed by atoms with Gasteiger partial charge in [-0.3, -0.25) is 4.18 Å². The molecule has 0 amide bonds. The monoisotopic (exact) mass is 346 g/mol. The summed E-state index contributed by atoms with van der Waals surface area (Å²) in [6.45, 7) is 3.54. The number of aromatic nitrogens is 2. The predicted octanol–water partition coefficient (Wildman–Crippen LogP) is 2.87. The highest BCUT2D eigenvalue weighted by atomic mass is 32.2. The summed E-state index contributed by atoms with van der Waals surface area (Å²) >= 11 is 0. The summed E-state index contributed by atoms with van der Waals surface area (Å²) in [5.74, 6) is 0.260. The van der Waals surface area contributed by atoms with Gasteiger partial charge in [0.25, 0.3) is 0 Å². The van der Waals surface area contributed by atoms with E-state index in [-0.39, 0.29) is 17.3 Å². The van der Waals surface area contributed by atoms with Gasteiger partial charge in [-0.05, 0) is 43.7 Å². The number of pyridine rings is 1. The summed E-state index contributed by atoms with van der Waals surface area (Å²) in [5, 5.41) is 0. The standard InChI is InChI=1S/C17H18N2O4S/c1-12-7-8-15(22-3)16(10-12)24(20,21)23-11-14-13(2)18-17-6-4-5-9-19(14)17/h4-10H,11H2,1-3H3. The minimum atomic E-state index is -3.95. The molecule has 0 bridgehead atoms. The molecule has 6 nitrogen and oxygen atoms in total. The summed E-state index contributed by atoms with van der Waals surface area (Å²) in [4.78, 5) is 4.42. The number of hydrogen-bond acceptors (Lipinski definition) is 5. The van der Waals surface area contributed by atoms with Gasteiger partial charge < -0.3 is 9.14 Å². The Morgan fingerprint density at radius 2 is 1.96 bits per heavy atom. The number of rotatable bonds is 5. The molecule has 2 heterocycles. The van der Waals surface area contributed by atoms with Gasteiger partial charge >= 0.3 is 10.1 Å². The van der Waals surface area contributed by atoms with Gasteiger partial charge in [-0.2, -0.15) is 8.42 Å². The third kappa shape index (κ3) is 3.00. The molecule has 0 aliphatic carbocycles. The van der Waals surface area contributed by atoms with E-state index in [0.717, 1.165) is 16.9 Å². The van der Waals surface area contributed by atoms with E-state index in [1.165, 1.54) is 13.2 Å². The Kier molecular flexibility index (Phi) is 4.29. The van der Waals surface area contributed by atoms with Crippen LogP contribution in [0.5, 0.6) is 5.75 Å². The first-order valence-electron chi connectivity index (χ1n) is 7.39. The lowest BCUT2D eigenvalue weighted by Gasteiger charge is -2.11. The Balaban J connectivity index is 1.93. The van der Waals surface area contributed by atoms with Crippen LogP contribution in [0.2, 0.25) is 0 Å². The number of aryl methyl sites for hydroxylation is 2. The van der Waals surface area contributed by atoms with Gasteiger partial charge in [0.1, 0.15) is 22.9 Å². The van der Waals surface area contributed by atoms with Gasteiger partial charge in [-0.25, -0.2) is 4.98 Å². The molecule has 0 fully saturated rings. The summed E-state index contributed by atoms with van der Waals surface area (Å²) in [6.07, 6.45) is 1.83. The van der Waals surface area contributed by atoms with Crippen LogP contribution in [-0.2, 0) is 20.9 Å². The predicted molar refractivity (Wildman–Crippen MR) is 89.6 cm³/mol. The van der Waals surface area contributed by atoms with E-state index >= 15 is 0 Å². The van der Waals surface area contributed by atoms with Crippen LogP contribution in [0.25, 0.3) is 5.65 Å². The molecule has 0 saturated heterocycles. The molecule has 0 atom stereocenters. The first-order chi connectivity index (χ1) is 11.4. The summed E-state index contributed by atoms with van der Waals surface area (Å²) < 4.78 is 37.4. The zero-order valence-electron chi connectivity index (χ0n) is 13.7. The molecule has 3 rings (SSSR count). The second-order valence-corrected chi connectivity index (χ2v) is 7.03. The van der Waals surface area contributed by atoms with E-state index in [0.29, 0.717) is 5.69 Å². The third-order valence-electron chi connectivity index (χ3n) is 3.77. The van der Waals surface area contributed by atoms with Crippen molar-refractivity contribution in [1.82, 2.24) is 9.38 Å². The van der Waals surface area contributed by atoms with Crippen LogP contribution in [0.3, 0.4) is 0 Å². The molecule has 0 N–H and O–H groups in total. The summed E-state index contributed by atoms with van der Waals surface area (Å²) in [6, 6.07) is 10.5. The van der Waals surface area contributed by atoms with Crippen LogP contribution in [0.4, 0.5) is 0 Å². The molecule has 3 aromatic rings. The van der Waals surface area contributed by atoms with Crippen molar-refractivity contribution < 1.29 is 17.3 Å². The quantitative estimate of drug-likeness (QED) is 0.665. The number of benzene rings is 1.